The predicted molar refractivity (Wildman–Crippen MR) is 44.5 cm³/mol. The molecule has 0 amide bonds. The van der Waals surface area contributed by atoms with E-state index in [0.29, 0.717) is 0 Å². The molecule has 7 nitrogen and oxygen atoms in total. The van der Waals surface area contributed by atoms with Crippen LogP contribution < -0.4 is 0 Å². The average Bonchev–Trinajstić information content (AvgIpc) is 2.31. The molecule has 0 aliphatic rings. The van der Waals surface area contributed by atoms with Crippen LogP contribution in [0.4, 0.5) is 0 Å². The monoisotopic (exact) mass is 221 g/mol. The summed E-state index contributed by atoms with van der Waals surface area (Å²) in [5.41, 5.74) is 7.99. The first-order valence-electron chi connectivity index (χ1n) is 2.98. The van der Waals surface area contributed by atoms with E-state index in [2.05, 4.69) is 14.5 Å². The summed E-state index contributed by atoms with van der Waals surface area (Å²) in [6.07, 6.45) is 1.15. The number of aryl methyl sites for hydroxylation is 1. The molecule has 0 aromatic carbocycles. The molecule has 0 fully saturated rings. The molecule has 70 valence electrons. The lowest BCUT2D eigenvalue weighted by Gasteiger charge is -1.97. The fraction of sp³-hybridized carbons (Fsp3) is 0.250. The molecule has 0 N–H and O–H groups in total. The normalized spacial score (nSPS) is 10.9. The van der Waals surface area contributed by atoms with E-state index in [9.17, 15) is 8.42 Å². The van der Waals surface area contributed by atoms with Gasteiger partial charge < -0.3 is 0 Å². The Bertz CT molecular complexity index is 451. The maximum Gasteiger partial charge on any atom is 0.282 e. The summed E-state index contributed by atoms with van der Waals surface area (Å²) in [7, 11) is -2.67. The second-order valence-corrected chi connectivity index (χ2v) is 3.97. The van der Waals surface area contributed by atoms with Gasteiger partial charge in [0.15, 0.2) is 5.03 Å². The third-order valence-electron chi connectivity index (χ3n) is 1.23. The van der Waals surface area contributed by atoms with Gasteiger partial charge in [-0.3, -0.25) is 4.68 Å². The molecule has 0 saturated carbocycles. The summed E-state index contributed by atoms with van der Waals surface area (Å²) >= 11 is 5.52. The van der Waals surface area contributed by atoms with Gasteiger partial charge in [-0.25, -0.2) is 8.42 Å². The molecule has 1 aromatic rings. The molecule has 0 spiro atoms. The Morgan fingerprint density at radius 1 is 1.77 bits per heavy atom. The van der Waals surface area contributed by atoms with Crippen LogP contribution in [0.25, 0.3) is 10.4 Å². The van der Waals surface area contributed by atoms with Gasteiger partial charge in [0, 0.05) is 16.5 Å². The fourth-order valence-electron chi connectivity index (χ4n) is 0.776. The first-order chi connectivity index (χ1) is 5.99. The Morgan fingerprint density at radius 2 is 2.38 bits per heavy atom. The molecule has 0 radical (unpaired) electrons. The average molecular weight is 222 g/mol. The van der Waals surface area contributed by atoms with Gasteiger partial charge in [-0.05, 0) is 5.53 Å². The van der Waals surface area contributed by atoms with Crippen LogP contribution in [0.1, 0.15) is 0 Å². The Balaban J connectivity index is 3.46. The number of nitrogens with zero attached hydrogens (tertiary/aromatic N) is 5. The van der Waals surface area contributed by atoms with Crippen molar-refractivity contribution in [2.24, 2.45) is 11.6 Å². The topological polar surface area (TPSA) is 101 Å². The highest BCUT2D eigenvalue weighted by Crippen LogP contribution is 2.21. The first kappa shape index (κ1) is 9.85. The van der Waals surface area contributed by atoms with Gasteiger partial charge in [0.25, 0.3) is 10.0 Å². The lowest BCUT2D eigenvalue weighted by atomic mass is 10.7. The summed E-state index contributed by atoms with van der Waals surface area (Å²) in [6, 6.07) is 0. The van der Waals surface area contributed by atoms with Crippen molar-refractivity contribution in [1.82, 2.24) is 9.78 Å². The SMILES string of the molecule is Cn1ncc(Cl)c1S(=O)(=O)N=[N+]=[N-]. The van der Waals surface area contributed by atoms with Gasteiger partial charge >= 0.3 is 0 Å². The molecule has 0 saturated heterocycles. The number of hydrogen-bond acceptors (Lipinski definition) is 3. The zero-order valence-corrected chi connectivity index (χ0v) is 7.99. The van der Waals surface area contributed by atoms with Crippen LogP contribution in [0, 0.1) is 0 Å². The van der Waals surface area contributed by atoms with Gasteiger partial charge in [0.1, 0.15) is 0 Å². The van der Waals surface area contributed by atoms with Crippen molar-refractivity contribution >= 4 is 21.6 Å². The highest BCUT2D eigenvalue weighted by Gasteiger charge is 2.20. The van der Waals surface area contributed by atoms with E-state index in [1.165, 1.54) is 7.05 Å². The van der Waals surface area contributed by atoms with E-state index in [-0.39, 0.29) is 10.0 Å². The maximum atomic E-state index is 11.2. The number of aromatic nitrogens is 2. The van der Waals surface area contributed by atoms with Crippen molar-refractivity contribution in [3.63, 3.8) is 0 Å². The Morgan fingerprint density at radius 3 is 2.77 bits per heavy atom. The van der Waals surface area contributed by atoms with Crippen molar-refractivity contribution < 1.29 is 8.42 Å². The zero-order valence-electron chi connectivity index (χ0n) is 6.42. The van der Waals surface area contributed by atoms with Gasteiger partial charge in [0.2, 0.25) is 0 Å². The lowest BCUT2D eigenvalue weighted by molar-refractivity contribution is 0.578. The lowest BCUT2D eigenvalue weighted by Crippen LogP contribution is -2.04. The third-order valence-corrected chi connectivity index (χ3v) is 2.88. The maximum absolute atomic E-state index is 11.2. The second-order valence-electron chi connectivity index (χ2n) is 2.07. The Hall–Kier alpha value is -1.24. The van der Waals surface area contributed by atoms with Crippen LogP contribution in [0.5, 0.6) is 0 Å². The number of sulfonamides is 1. The minimum absolute atomic E-state index is 0.0742. The molecule has 0 aliphatic heterocycles. The van der Waals surface area contributed by atoms with Crippen molar-refractivity contribution in [1.29, 1.82) is 0 Å². The van der Waals surface area contributed by atoms with E-state index in [4.69, 9.17) is 17.1 Å². The molecule has 0 atom stereocenters. The van der Waals surface area contributed by atoms with E-state index in [1.54, 1.807) is 0 Å². The van der Waals surface area contributed by atoms with Crippen LogP contribution in [0.2, 0.25) is 5.02 Å². The van der Waals surface area contributed by atoms with Gasteiger partial charge in [-0.1, -0.05) is 11.6 Å². The number of halogens is 1. The van der Waals surface area contributed by atoms with Crippen molar-refractivity contribution in [3.8, 4) is 0 Å². The number of azide groups is 1. The minimum Gasteiger partial charge on any atom is -0.256 e. The van der Waals surface area contributed by atoms with Crippen LogP contribution in [0.15, 0.2) is 15.7 Å². The van der Waals surface area contributed by atoms with Crippen LogP contribution >= 0.6 is 11.6 Å². The molecule has 0 bridgehead atoms. The molecule has 0 aliphatic carbocycles. The first-order valence-corrected chi connectivity index (χ1v) is 4.79. The van der Waals surface area contributed by atoms with Crippen molar-refractivity contribution in [3.05, 3.63) is 21.7 Å². The van der Waals surface area contributed by atoms with Gasteiger partial charge in [-0.15, -0.1) is 0 Å². The fourth-order valence-corrected chi connectivity index (χ4v) is 2.09. The standard InChI is InChI=1S/C4H4ClN5O2S/c1-10-4(3(5)2-7-10)13(11,12)9-8-6/h2H,1H3. The predicted octanol–water partition coefficient (Wildman–Crippen LogP) is 1.07. The highest BCUT2D eigenvalue weighted by molar-refractivity contribution is 7.90. The molecule has 1 aromatic heterocycles. The Labute approximate surface area is 78.6 Å². The number of hydrogen-bond donors (Lipinski definition) is 0. The largest absolute Gasteiger partial charge is 0.282 e. The quantitative estimate of drug-likeness (QED) is 0.424. The summed E-state index contributed by atoms with van der Waals surface area (Å²) in [6.45, 7) is 0. The summed E-state index contributed by atoms with van der Waals surface area (Å²) in [4.78, 5) is 2.18. The molecule has 0 unspecified atom stereocenters. The highest BCUT2D eigenvalue weighted by atomic mass is 35.5. The van der Waals surface area contributed by atoms with Gasteiger partial charge in [0.05, 0.1) is 11.2 Å². The van der Waals surface area contributed by atoms with E-state index < -0.39 is 10.0 Å². The molecule has 1 rings (SSSR count). The van der Waals surface area contributed by atoms with Crippen LogP contribution in [-0.4, -0.2) is 18.2 Å². The van der Waals surface area contributed by atoms with Gasteiger partial charge in [-0.2, -0.15) is 5.10 Å². The molecular weight excluding hydrogens is 218 g/mol. The van der Waals surface area contributed by atoms with E-state index in [1.807, 2.05) is 0 Å². The second kappa shape index (κ2) is 3.25. The smallest absolute Gasteiger partial charge is 0.256 e. The summed E-state index contributed by atoms with van der Waals surface area (Å²) in [5, 5.41) is 3.20. The molecule has 13 heavy (non-hydrogen) atoms. The zero-order chi connectivity index (χ0) is 10.1. The minimum atomic E-state index is -4.05. The van der Waals surface area contributed by atoms with E-state index >= 15 is 0 Å². The molecule has 1 heterocycles. The summed E-state index contributed by atoms with van der Waals surface area (Å²) in [5.74, 6) is 0. The van der Waals surface area contributed by atoms with Crippen LogP contribution in [-0.2, 0) is 17.1 Å². The van der Waals surface area contributed by atoms with Crippen LogP contribution in [0.3, 0.4) is 0 Å². The Kier molecular flexibility index (Phi) is 2.46. The van der Waals surface area contributed by atoms with Crippen molar-refractivity contribution in [2.45, 2.75) is 5.03 Å². The number of rotatable bonds is 2. The molecular formula is C4H4ClN5O2S. The molecule has 9 heteroatoms. The van der Waals surface area contributed by atoms with Crippen molar-refractivity contribution in [2.75, 3.05) is 0 Å². The van der Waals surface area contributed by atoms with E-state index in [0.717, 1.165) is 10.9 Å². The summed E-state index contributed by atoms with van der Waals surface area (Å²) < 4.78 is 26.0. The third kappa shape index (κ3) is 1.74.